The Morgan fingerprint density at radius 2 is 2.20 bits per heavy atom. The van der Waals surface area contributed by atoms with Crippen LogP contribution in [0.5, 0.6) is 0 Å². The predicted molar refractivity (Wildman–Crippen MR) is 62.0 cm³/mol. The summed E-state index contributed by atoms with van der Waals surface area (Å²) >= 11 is 0. The molecule has 0 aromatic carbocycles. The van der Waals surface area contributed by atoms with E-state index in [4.69, 9.17) is 4.74 Å². The third-order valence-electron chi connectivity index (χ3n) is 3.73. The Balaban J connectivity index is 2.56. The second-order valence-corrected chi connectivity index (χ2v) is 4.94. The summed E-state index contributed by atoms with van der Waals surface area (Å²) < 4.78 is 5.55. The molecule has 1 aliphatic rings. The zero-order chi connectivity index (χ0) is 11.5. The smallest absolute Gasteiger partial charge is 0.0777 e. The van der Waals surface area contributed by atoms with E-state index in [2.05, 4.69) is 18.7 Å². The summed E-state index contributed by atoms with van der Waals surface area (Å²) in [4.78, 5) is 2.35. The molecule has 0 aromatic heterocycles. The number of ether oxygens (including phenoxy) is 1. The van der Waals surface area contributed by atoms with E-state index in [1.807, 2.05) is 6.92 Å². The minimum absolute atomic E-state index is 0.0278. The molecule has 3 unspecified atom stereocenters. The van der Waals surface area contributed by atoms with Crippen LogP contribution in [-0.2, 0) is 4.74 Å². The first-order valence-corrected chi connectivity index (χ1v) is 5.99. The lowest BCUT2D eigenvalue weighted by molar-refractivity contribution is -0.0737. The Morgan fingerprint density at radius 3 is 2.73 bits per heavy atom. The molecule has 0 saturated carbocycles. The van der Waals surface area contributed by atoms with Gasteiger partial charge in [-0.2, -0.15) is 0 Å². The fourth-order valence-electron chi connectivity index (χ4n) is 2.34. The van der Waals surface area contributed by atoms with Crippen LogP contribution in [-0.4, -0.2) is 48.0 Å². The van der Waals surface area contributed by atoms with Crippen molar-refractivity contribution < 1.29 is 9.84 Å². The van der Waals surface area contributed by atoms with E-state index in [0.29, 0.717) is 0 Å². The van der Waals surface area contributed by atoms with Gasteiger partial charge in [0.05, 0.1) is 11.7 Å². The molecule has 3 heteroatoms. The van der Waals surface area contributed by atoms with Gasteiger partial charge >= 0.3 is 0 Å². The Bertz CT molecular complexity index is 198. The van der Waals surface area contributed by atoms with E-state index in [-0.39, 0.29) is 17.7 Å². The highest BCUT2D eigenvalue weighted by atomic mass is 16.5. The zero-order valence-electron chi connectivity index (χ0n) is 10.5. The summed E-state index contributed by atoms with van der Waals surface area (Å²) in [5, 5.41) is 9.84. The molecule has 90 valence electrons. The Morgan fingerprint density at radius 1 is 1.53 bits per heavy atom. The fraction of sp³-hybridized carbons (Fsp3) is 1.00. The number of hydrogen-bond donors (Lipinski definition) is 1. The molecule has 1 saturated heterocycles. The van der Waals surface area contributed by atoms with Gasteiger partial charge in [-0.15, -0.1) is 0 Å². The number of piperidine rings is 1. The van der Waals surface area contributed by atoms with Crippen LogP contribution in [0.1, 0.15) is 40.0 Å². The SMILES string of the molecule is CCC(O)C(C)N1CCCC(C)(OC)C1. The Kier molecular flexibility index (Phi) is 4.56. The Labute approximate surface area is 93.4 Å². The largest absolute Gasteiger partial charge is 0.392 e. The van der Waals surface area contributed by atoms with Crippen molar-refractivity contribution in [3.63, 3.8) is 0 Å². The van der Waals surface area contributed by atoms with Crippen molar-refractivity contribution in [1.29, 1.82) is 0 Å². The first-order valence-electron chi connectivity index (χ1n) is 5.99. The third-order valence-corrected chi connectivity index (χ3v) is 3.73. The maximum absolute atomic E-state index is 9.84. The minimum Gasteiger partial charge on any atom is -0.392 e. The van der Waals surface area contributed by atoms with Crippen molar-refractivity contribution in [2.75, 3.05) is 20.2 Å². The van der Waals surface area contributed by atoms with Crippen LogP contribution in [0.3, 0.4) is 0 Å². The first-order chi connectivity index (χ1) is 7.02. The standard InChI is InChI=1S/C12H25NO2/c1-5-11(14)10(2)13-8-6-7-12(3,9-13)15-4/h10-11,14H,5-9H2,1-4H3. The predicted octanol–water partition coefficient (Wildman–Crippen LogP) is 1.65. The summed E-state index contributed by atoms with van der Waals surface area (Å²) in [5.74, 6) is 0. The van der Waals surface area contributed by atoms with Gasteiger partial charge in [0.15, 0.2) is 0 Å². The number of likely N-dealkylation sites (tertiary alicyclic amines) is 1. The van der Waals surface area contributed by atoms with E-state index >= 15 is 0 Å². The van der Waals surface area contributed by atoms with Gasteiger partial charge in [0, 0.05) is 19.7 Å². The first kappa shape index (κ1) is 12.9. The highest BCUT2D eigenvalue weighted by Gasteiger charge is 2.34. The Hall–Kier alpha value is -0.120. The second-order valence-electron chi connectivity index (χ2n) is 4.94. The topological polar surface area (TPSA) is 32.7 Å². The van der Waals surface area contributed by atoms with E-state index in [1.54, 1.807) is 7.11 Å². The van der Waals surface area contributed by atoms with Crippen LogP contribution in [0.25, 0.3) is 0 Å². The van der Waals surface area contributed by atoms with Gasteiger partial charge in [-0.25, -0.2) is 0 Å². The summed E-state index contributed by atoms with van der Waals surface area (Å²) in [6.45, 7) is 8.30. The second kappa shape index (κ2) is 5.28. The van der Waals surface area contributed by atoms with Gasteiger partial charge in [-0.3, -0.25) is 4.90 Å². The quantitative estimate of drug-likeness (QED) is 0.774. The maximum Gasteiger partial charge on any atom is 0.0777 e. The van der Waals surface area contributed by atoms with Crippen molar-refractivity contribution in [2.45, 2.75) is 57.8 Å². The van der Waals surface area contributed by atoms with Crippen molar-refractivity contribution >= 4 is 0 Å². The average molecular weight is 215 g/mol. The summed E-state index contributed by atoms with van der Waals surface area (Å²) in [7, 11) is 1.78. The third kappa shape index (κ3) is 3.16. The molecule has 1 heterocycles. The number of methoxy groups -OCH3 is 1. The zero-order valence-corrected chi connectivity index (χ0v) is 10.5. The van der Waals surface area contributed by atoms with E-state index in [9.17, 15) is 5.11 Å². The molecule has 0 spiro atoms. The molecule has 0 aromatic rings. The lowest BCUT2D eigenvalue weighted by Crippen LogP contribution is -2.53. The molecule has 1 fully saturated rings. The molecule has 3 nitrogen and oxygen atoms in total. The molecule has 0 amide bonds. The summed E-state index contributed by atoms with van der Waals surface area (Å²) in [5.41, 5.74) is -0.0278. The molecule has 1 N–H and O–H groups in total. The van der Waals surface area contributed by atoms with E-state index in [0.717, 1.165) is 32.4 Å². The number of aliphatic hydroxyl groups is 1. The lowest BCUT2D eigenvalue weighted by Gasteiger charge is -2.43. The van der Waals surface area contributed by atoms with Crippen molar-refractivity contribution in [3.05, 3.63) is 0 Å². The number of aliphatic hydroxyl groups excluding tert-OH is 1. The molecule has 0 radical (unpaired) electrons. The molecule has 1 rings (SSSR count). The molecular weight excluding hydrogens is 190 g/mol. The number of nitrogens with zero attached hydrogens (tertiary/aromatic N) is 1. The monoisotopic (exact) mass is 215 g/mol. The van der Waals surface area contributed by atoms with Crippen LogP contribution in [0, 0.1) is 0 Å². The highest BCUT2D eigenvalue weighted by molar-refractivity contribution is 4.88. The molecular formula is C12H25NO2. The fourth-order valence-corrected chi connectivity index (χ4v) is 2.34. The van der Waals surface area contributed by atoms with Crippen LogP contribution < -0.4 is 0 Å². The van der Waals surface area contributed by atoms with Gasteiger partial charge in [0.25, 0.3) is 0 Å². The van der Waals surface area contributed by atoms with Gasteiger partial charge in [0.2, 0.25) is 0 Å². The van der Waals surface area contributed by atoms with Crippen LogP contribution >= 0.6 is 0 Å². The van der Waals surface area contributed by atoms with Crippen LogP contribution in [0.2, 0.25) is 0 Å². The van der Waals surface area contributed by atoms with E-state index < -0.39 is 0 Å². The normalized spacial score (nSPS) is 32.6. The van der Waals surface area contributed by atoms with Crippen LogP contribution in [0.15, 0.2) is 0 Å². The summed E-state index contributed by atoms with van der Waals surface area (Å²) in [6, 6.07) is 0.241. The molecule has 0 bridgehead atoms. The van der Waals surface area contributed by atoms with Crippen molar-refractivity contribution in [3.8, 4) is 0 Å². The van der Waals surface area contributed by atoms with Gasteiger partial charge < -0.3 is 9.84 Å². The highest BCUT2D eigenvalue weighted by Crippen LogP contribution is 2.26. The summed E-state index contributed by atoms with van der Waals surface area (Å²) in [6.07, 6.45) is 2.88. The van der Waals surface area contributed by atoms with Crippen molar-refractivity contribution in [1.82, 2.24) is 4.90 Å². The number of hydrogen-bond acceptors (Lipinski definition) is 3. The van der Waals surface area contributed by atoms with Gasteiger partial charge in [-0.05, 0) is 39.7 Å². The molecule has 3 atom stereocenters. The van der Waals surface area contributed by atoms with Crippen LogP contribution in [0.4, 0.5) is 0 Å². The maximum atomic E-state index is 9.84. The van der Waals surface area contributed by atoms with Gasteiger partial charge in [-0.1, -0.05) is 6.92 Å². The van der Waals surface area contributed by atoms with E-state index in [1.165, 1.54) is 0 Å². The average Bonchev–Trinajstić information content (AvgIpc) is 2.27. The molecule has 15 heavy (non-hydrogen) atoms. The molecule has 1 aliphatic heterocycles. The van der Waals surface area contributed by atoms with Crippen molar-refractivity contribution in [2.24, 2.45) is 0 Å². The number of rotatable bonds is 4. The molecule has 0 aliphatic carbocycles. The minimum atomic E-state index is -0.218. The lowest BCUT2D eigenvalue weighted by atomic mass is 9.92. The van der Waals surface area contributed by atoms with Gasteiger partial charge in [0.1, 0.15) is 0 Å².